The number of aryl methyl sites for hydroxylation is 2. The van der Waals surface area contributed by atoms with E-state index in [9.17, 15) is 9.59 Å². The predicted octanol–water partition coefficient (Wildman–Crippen LogP) is 9.97. The van der Waals surface area contributed by atoms with Crippen LogP contribution in [0.25, 0.3) is 0 Å². The number of benzene rings is 3. The summed E-state index contributed by atoms with van der Waals surface area (Å²) in [5.74, 6) is 1.42. The summed E-state index contributed by atoms with van der Waals surface area (Å²) in [4.78, 5) is 27.6. The van der Waals surface area contributed by atoms with Gasteiger partial charge in [0.05, 0.1) is 0 Å². The van der Waals surface area contributed by atoms with Crippen molar-refractivity contribution < 1.29 is 9.59 Å². The van der Waals surface area contributed by atoms with Gasteiger partial charge in [-0.25, -0.2) is 0 Å². The lowest BCUT2D eigenvalue weighted by atomic mass is 9.77. The van der Waals surface area contributed by atoms with Gasteiger partial charge in [0.15, 0.2) is 11.6 Å². The van der Waals surface area contributed by atoms with Crippen molar-refractivity contribution in [2.45, 2.75) is 107 Å². The lowest BCUT2D eigenvalue weighted by molar-refractivity contribution is 0.103. The van der Waals surface area contributed by atoms with Crippen molar-refractivity contribution in [3.8, 4) is 0 Å². The molecule has 2 unspecified atom stereocenters. The molecule has 0 aromatic heterocycles. The highest BCUT2D eigenvalue weighted by atomic mass is 16.1. The molecular weight excluding hydrogens is 512 g/mol. The Morgan fingerprint density at radius 3 is 1.31 bits per heavy atom. The Morgan fingerprint density at radius 2 is 0.929 bits per heavy atom. The molecule has 5 rings (SSSR count). The van der Waals surface area contributed by atoms with Gasteiger partial charge in [0, 0.05) is 22.3 Å². The Hall–Kier alpha value is -3.00. The fourth-order valence-electron chi connectivity index (χ4n) is 7.52. The molecular formula is C40H50O2. The minimum absolute atomic E-state index is 0.0684. The van der Waals surface area contributed by atoms with Gasteiger partial charge in [-0.2, -0.15) is 0 Å². The summed E-state index contributed by atoms with van der Waals surface area (Å²) < 4.78 is 0. The SMILES string of the molecule is CC(CCc1ccc2c(c1)C(=O)c1cc3c(cc1C2)Cc1ccc(CCC(C)CC(C)(C)C)cc1C3=O)CC(C)(C)C. The van der Waals surface area contributed by atoms with Crippen molar-refractivity contribution >= 4 is 11.6 Å². The quantitative estimate of drug-likeness (QED) is 0.189. The van der Waals surface area contributed by atoms with Crippen LogP contribution in [0, 0.1) is 22.7 Å². The van der Waals surface area contributed by atoms with Gasteiger partial charge in [0.2, 0.25) is 0 Å². The van der Waals surface area contributed by atoms with Crippen LogP contribution >= 0.6 is 0 Å². The molecule has 2 heteroatoms. The van der Waals surface area contributed by atoms with Gasteiger partial charge in [-0.3, -0.25) is 9.59 Å². The Bertz CT molecular complexity index is 1400. The maximum absolute atomic E-state index is 13.8. The molecule has 222 valence electrons. The zero-order chi connectivity index (χ0) is 30.4. The number of hydrogen-bond acceptors (Lipinski definition) is 2. The number of hydrogen-bond donors (Lipinski definition) is 0. The molecule has 0 saturated heterocycles. The Balaban J connectivity index is 1.33. The van der Waals surface area contributed by atoms with Crippen LogP contribution in [0.4, 0.5) is 0 Å². The van der Waals surface area contributed by atoms with Gasteiger partial charge in [-0.1, -0.05) is 85.7 Å². The zero-order valence-corrected chi connectivity index (χ0v) is 27.2. The molecule has 3 aromatic carbocycles. The van der Waals surface area contributed by atoms with Crippen LogP contribution in [-0.2, 0) is 25.7 Å². The first-order valence-corrected chi connectivity index (χ1v) is 16.2. The van der Waals surface area contributed by atoms with E-state index in [1.54, 1.807) is 0 Å². The first-order valence-electron chi connectivity index (χ1n) is 16.2. The molecule has 0 heterocycles. The Labute approximate surface area is 254 Å². The molecule has 0 N–H and O–H groups in total. The maximum Gasteiger partial charge on any atom is 0.193 e. The first-order chi connectivity index (χ1) is 19.7. The number of ketones is 2. The molecule has 0 spiro atoms. The van der Waals surface area contributed by atoms with Crippen LogP contribution in [0.2, 0.25) is 0 Å². The minimum atomic E-state index is 0.0684. The third kappa shape index (κ3) is 6.96. The number of rotatable bonds is 8. The van der Waals surface area contributed by atoms with Crippen LogP contribution in [0.5, 0.6) is 0 Å². The van der Waals surface area contributed by atoms with E-state index in [1.165, 1.54) is 24.0 Å². The maximum atomic E-state index is 13.8. The summed E-state index contributed by atoms with van der Waals surface area (Å²) in [5.41, 5.74) is 10.5. The molecule has 0 amide bonds. The Kier molecular flexibility index (Phi) is 8.40. The second-order valence-electron chi connectivity index (χ2n) is 16.0. The molecule has 0 fully saturated rings. The monoisotopic (exact) mass is 562 g/mol. The molecule has 2 aliphatic carbocycles. The summed E-state index contributed by atoms with van der Waals surface area (Å²) >= 11 is 0. The second-order valence-corrected chi connectivity index (χ2v) is 16.0. The standard InChI is InChI=1S/C40H50O2/c1-25(23-39(3,4)5)9-11-27-13-15-29-19-31-21-32-20-30-16-14-28(12-10-26(2)24-40(6,7)8)18-34(30)38(42)36(32)22-35(31)37(41)33(29)17-27/h13-18,21-22,25-26H,9-12,19-20,23-24H2,1-8H3. The van der Waals surface area contributed by atoms with Crippen molar-refractivity contribution in [1.29, 1.82) is 0 Å². The normalized spacial score (nSPS) is 15.9. The summed E-state index contributed by atoms with van der Waals surface area (Å²) in [6.45, 7) is 18.5. The molecule has 2 atom stereocenters. The lowest BCUT2D eigenvalue weighted by Gasteiger charge is -2.25. The van der Waals surface area contributed by atoms with Crippen LogP contribution < -0.4 is 0 Å². The van der Waals surface area contributed by atoms with Gasteiger partial charge < -0.3 is 0 Å². The van der Waals surface area contributed by atoms with Crippen molar-refractivity contribution in [3.63, 3.8) is 0 Å². The molecule has 0 bridgehead atoms. The number of carbonyl (C=O) groups excluding carboxylic acids is 2. The fraction of sp³-hybridized carbons (Fsp3) is 0.500. The van der Waals surface area contributed by atoms with E-state index in [-0.39, 0.29) is 11.6 Å². The second kappa shape index (κ2) is 11.6. The average molecular weight is 563 g/mol. The molecule has 42 heavy (non-hydrogen) atoms. The predicted molar refractivity (Wildman–Crippen MR) is 175 cm³/mol. The zero-order valence-electron chi connectivity index (χ0n) is 27.2. The van der Waals surface area contributed by atoms with Gasteiger partial charge in [0.25, 0.3) is 0 Å². The van der Waals surface area contributed by atoms with E-state index in [4.69, 9.17) is 0 Å². The highest BCUT2D eigenvalue weighted by Crippen LogP contribution is 2.36. The lowest BCUT2D eigenvalue weighted by Crippen LogP contribution is -2.21. The van der Waals surface area contributed by atoms with Crippen LogP contribution in [0.1, 0.15) is 146 Å². The molecule has 0 saturated carbocycles. The van der Waals surface area contributed by atoms with Gasteiger partial charge in [0.1, 0.15) is 0 Å². The molecule has 0 aliphatic heterocycles. The summed E-state index contributed by atoms with van der Waals surface area (Å²) in [6, 6.07) is 17.0. The summed E-state index contributed by atoms with van der Waals surface area (Å²) in [6.07, 6.45) is 8.12. The topological polar surface area (TPSA) is 34.1 Å². The molecule has 2 aliphatic rings. The van der Waals surface area contributed by atoms with Crippen LogP contribution in [-0.4, -0.2) is 11.6 Å². The van der Waals surface area contributed by atoms with E-state index in [2.05, 4.69) is 97.9 Å². The van der Waals surface area contributed by atoms with Crippen molar-refractivity contribution in [2.75, 3.05) is 0 Å². The number of carbonyl (C=O) groups is 2. The number of fused-ring (bicyclic) bond motifs is 4. The van der Waals surface area contributed by atoms with Crippen LogP contribution in [0.15, 0.2) is 48.5 Å². The van der Waals surface area contributed by atoms with Crippen molar-refractivity contribution in [2.24, 2.45) is 22.7 Å². The summed E-state index contributed by atoms with van der Waals surface area (Å²) in [5, 5.41) is 0. The first kappa shape index (κ1) is 30.5. The molecule has 0 radical (unpaired) electrons. The van der Waals surface area contributed by atoms with Crippen molar-refractivity contribution in [1.82, 2.24) is 0 Å². The van der Waals surface area contributed by atoms with Gasteiger partial charge >= 0.3 is 0 Å². The highest BCUT2D eigenvalue weighted by molar-refractivity contribution is 6.17. The van der Waals surface area contributed by atoms with E-state index in [0.717, 1.165) is 71.9 Å². The van der Waals surface area contributed by atoms with E-state index in [1.807, 2.05) is 6.07 Å². The Morgan fingerprint density at radius 1 is 0.548 bits per heavy atom. The highest BCUT2D eigenvalue weighted by Gasteiger charge is 2.30. The fourth-order valence-corrected chi connectivity index (χ4v) is 7.52. The largest absolute Gasteiger partial charge is 0.289 e. The smallest absolute Gasteiger partial charge is 0.193 e. The van der Waals surface area contributed by atoms with E-state index in [0.29, 0.717) is 33.8 Å². The van der Waals surface area contributed by atoms with Gasteiger partial charge in [-0.15, -0.1) is 0 Å². The van der Waals surface area contributed by atoms with Crippen LogP contribution in [0.3, 0.4) is 0 Å². The molecule has 2 nitrogen and oxygen atoms in total. The van der Waals surface area contributed by atoms with Crippen molar-refractivity contribution in [3.05, 3.63) is 104 Å². The van der Waals surface area contributed by atoms with E-state index < -0.39 is 0 Å². The van der Waals surface area contributed by atoms with Gasteiger partial charge in [-0.05, 0) is 126 Å². The third-order valence-corrected chi connectivity index (χ3v) is 9.19. The molecule has 3 aromatic rings. The third-order valence-electron chi connectivity index (χ3n) is 9.19. The summed E-state index contributed by atoms with van der Waals surface area (Å²) in [7, 11) is 0. The average Bonchev–Trinajstić information content (AvgIpc) is 2.89. The van der Waals surface area contributed by atoms with E-state index >= 15 is 0 Å². The minimum Gasteiger partial charge on any atom is -0.289 e.